The second kappa shape index (κ2) is 7.30. The lowest BCUT2D eigenvalue weighted by molar-refractivity contribution is -0.132. The summed E-state index contributed by atoms with van der Waals surface area (Å²) in [6, 6.07) is 13.0. The Morgan fingerprint density at radius 1 is 1.09 bits per heavy atom. The monoisotopic (exact) mass is 301 g/mol. The van der Waals surface area contributed by atoms with Crippen LogP contribution in [0.15, 0.2) is 48.5 Å². The van der Waals surface area contributed by atoms with Crippen LogP contribution in [-0.2, 0) is 4.79 Å². The van der Waals surface area contributed by atoms with E-state index in [9.17, 15) is 9.59 Å². The average molecular weight is 301 g/mol. The van der Waals surface area contributed by atoms with Crippen molar-refractivity contribution in [3.8, 4) is 11.3 Å². The number of carbonyl (C=O) groups excluding carboxylic acids is 2. The van der Waals surface area contributed by atoms with Crippen LogP contribution < -0.4 is 10.8 Å². The zero-order valence-electron chi connectivity index (χ0n) is 11.6. The number of rotatable bonds is 5. The van der Waals surface area contributed by atoms with Gasteiger partial charge in [-0.05, 0) is 12.1 Å². The number of aliphatic hydroxyl groups is 1. The number of nitrogens with zero attached hydrogens (tertiary/aromatic N) is 1. The summed E-state index contributed by atoms with van der Waals surface area (Å²) >= 11 is 0. The third kappa shape index (κ3) is 3.66. The van der Waals surface area contributed by atoms with Gasteiger partial charge in [-0.25, -0.2) is 10.5 Å². The van der Waals surface area contributed by atoms with Crippen molar-refractivity contribution in [3.05, 3.63) is 54.2 Å². The van der Waals surface area contributed by atoms with Gasteiger partial charge in [0.25, 0.3) is 11.8 Å². The second-order valence-electron chi connectivity index (χ2n) is 4.46. The minimum Gasteiger partial charge on any atom is -0.394 e. The summed E-state index contributed by atoms with van der Waals surface area (Å²) in [6.07, 6.45) is 0. The molecule has 2 aromatic rings. The molecule has 22 heavy (non-hydrogen) atoms. The molecular weight excluding hydrogens is 286 g/mol. The van der Waals surface area contributed by atoms with Crippen LogP contribution in [0.1, 0.15) is 10.5 Å². The van der Waals surface area contributed by atoms with Crippen molar-refractivity contribution in [1.82, 2.24) is 15.8 Å². The van der Waals surface area contributed by atoms with Gasteiger partial charge in [0.15, 0.2) is 0 Å². The van der Waals surface area contributed by atoms with Gasteiger partial charge in [-0.3, -0.25) is 14.8 Å². The van der Waals surface area contributed by atoms with E-state index in [1.54, 1.807) is 12.1 Å². The third-order valence-electron chi connectivity index (χ3n) is 2.97. The number of hydrogen-bond acceptors (Lipinski definition) is 5. The molecule has 2 amide bonds. The largest absolute Gasteiger partial charge is 0.394 e. The lowest BCUT2D eigenvalue weighted by atomic mass is 10.1. The molecule has 0 fully saturated rings. The minimum absolute atomic E-state index is 0.102. The van der Waals surface area contributed by atoms with E-state index < -0.39 is 24.5 Å². The van der Waals surface area contributed by atoms with Crippen LogP contribution in [-0.4, -0.2) is 39.8 Å². The predicted octanol–water partition coefficient (Wildman–Crippen LogP) is 0.345. The molecule has 114 valence electrons. The molecule has 0 saturated carbocycles. The maximum absolute atomic E-state index is 12.1. The molecule has 0 aliphatic heterocycles. The lowest BCUT2D eigenvalue weighted by Gasteiger charge is -2.13. The first-order chi connectivity index (χ1) is 10.7. The Bertz CT molecular complexity index is 661. The van der Waals surface area contributed by atoms with E-state index in [-0.39, 0.29) is 5.69 Å². The van der Waals surface area contributed by atoms with Gasteiger partial charge in [-0.15, -0.1) is 0 Å². The lowest BCUT2D eigenvalue weighted by Crippen LogP contribution is -2.48. The molecule has 0 saturated heterocycles. The first-order valence-electron chi connectivity index (χ1n) is 6.54. The highest BCUT2D eigenvalue weighted by molar-refractivity contribution is 5.96. The van der Waals surface area contributed by atoms with Crippen LogP contribution >= 0.6 is 0 Å². The van der Waals surface area contributed by atoms with Crippen molar-refractivity contribution in [2.75, 3.05) is 6.61 Å². The molecule has 1 aromatic carbocycles. The highest BCUT2D eigenvalue weighted by Gasteiger charge is 2.20. The van der Waals surface area contributed by atoms with Crippen LogP contribution in [0.4, 0.5) is 0 Å². The second-order valence-corrected chi connectivity index (χ2v) is 4.46. The van der Waals surface area contributed by atoms with E-state index in [0.717, 1.165) is 5.56 Å². The number of benzene rings is 1. The van der Waals surface area contributed by atoms with Crippen molar-refractivity contribution in [2.45, 2.75) is 6.04 Å². The number of amides is 2. The van der Waals surface area contributed by atoms with E-state index in [4.69, 9.17) is 10.3 Å². The first-order valence-corrected chi connectivity index (χ1v) is 6.54. The minimum atomic E-state index is -1.25. The van der Waals surface area contributed by atoms with E-state index >= 15 is 0 Å². The Hall–Kier alpha value is -2.77. The maximum atomic E-state index is 12.1. The van der Waals surface area contributed by atoms with Gasteiger partial charge in [0.05, 0.1) is 12.3 Å². The molecule has 0 aliphatic carbocycles. The van der Waals surface area contributed by atoms with Crippen LogP contribution in [0.25, 0.3) is 11.3 Å². The van der Waals surface area contributed by atoms with Gasteiger partial charge < -0.3 is 10.4 Å². The summed E-state index contributed by atoms with van der Waals surface area (Å²) in [5, 5.41) is 19.9. The van der Waals surface area contributed by atoms with Crippen molar-refractivity contribution in [3.63, 3.8) is 0 Å². The van der Waals surface area contributed by atoms with E-state index in [1.807, 2.05) is 30.3 Å². The third-order valence-corrected chi connectivity index (χ3v) is 2.97. The van der Waals surface area contributed by atoms with Crippen molar-refractivity contribution in [1.29, 1.82) is 0 Å². The molecule has 7 heteroatoms. The van der Waals surface area contributed by atoms with Crippen LogP contribution in [0.5, 0.6) is 0 Å². The SMILES string of the molecule is O=C(N[C@@H](CO)C(=O)NO)c1cccc(-c2ccccc2)n1. The fourth-order valence-corrected chi connectivity index (χ4v) is 1.84. The van der Waals surface area contributed by atoms with E-state index in [1.165, 1.54) is 11.5 Å². The summed E-state index contributed by atoms with van der Waals surface area (Å²) in [6.45, 7) is -0.642. The van der Waals surface area contributed by atoms with Crippen molar-refractivity contribution in [2.24, 2.45) is 0 Å². The highest BCUT2D eigenvalue weighted by atomic mass is 16.5. The van der Waals surface area contributed by atoms with Gasteiger partial charge in [-0.2, -0.15) is 0 Å². The zero-order valence-corrected chi connectivity index (χ0v) is 11.6. The first kappa shape index (κ1) is 15.6. The molecule has 0 spiro atoms. The molecule has 0 radical (unpaired) electrons. The molecular formula is C15H15N3O4. The highest BCUT2D eigenvalue weighted by Crippen LogP contribution is 2.16. The van der Waals surface area contributed by atoms with Crippen LogP contribution in [0.2, 0.25) is 0 Å². The maximum Gasteiger partial charge on any atom is 0.270 e. The topological polar surface area (TPSA) is 112 Å². The normalized spacial score (nSPS) is 11.5. The molecule has 1 heterocycles. The summed E-state index contributed by atoms with van der Waals surface area (Å²) in [4.78, 5) is 27.5. The van der Waals surface area contributed by atoms with E-state index in [0.29, 0.717) is 5.69 Å². The van der Waals surface area contributed by atoms with Gasteiger partial charge in [0.1, 0.15) is 11.7 Å². The van der Waals surface area contributed by atoms with Crippen molar-refractivity contribution >= 4 is 11.8 Å². The standard InChI is InChI=1S/C15H15N3O4/c19-9-13(15(21)18-22)17-14(20)12-8-4-7-11(16-12)10-5-2-1-3-6-10/h1-8,13,19,22H,9H2,(H,17,20)(H,18,21)/t13-/m0/s1. The fraction of sp³-hybridized carbons (Fsp3) is 0.133. The Kier molecular flexibility index (Phi) is 5.18. The number of aromatic nitrogens is 1. The molecule has 0 aliphatic rings. The summed E-state index contributed by atoms with van der Waals surface area (Å²) in [7, 11) is 0. The fourth-order valence-electron chi connectivity index (χ4n) is 1.84. The van der Waals surface area contributed by atoms with Gasteiger partial charge >= 0.3 is 0 Å². The van der Waals surface area contributed by atoms with Gasteiger partial charge in [0, 0.05) is 5.56 Å². The molecule has 4 N–H and O–H groups in total. The summed E-state index contributed by atoms with van der Waals surface area (Å²) in [5.41, 5.74) is 2.94. The Morgan fingerprint density at radius 3 is 2.45 bits per heavy atom. The van der Waals surface area contributed by atoms with E-state index in [2.05, 4.69) is 10.3 Å². The molecule has 0 bridgehead atoms. The number of aliphatic hydroxyl groups excluding tert-OH is 1. The molecule has 0 unspecified atom stereocenters. The molecule has 2 rings (SSSR count). The summed E-state index contributed by atoms with van der Waals surface area (Å²) < 4.78 is 0. The number of carbonyl (C=O) groups is 2. The number of nitrogens with one attached hydrogen (secondary N) is 2. The van der Waals surface area contributed by atoms with Crippen molar-refractivity contribution < 1.29 is 19.9 Å². The predicted molar refractivity (Wildman–Crippen MR) is 77.9 cm³/mol. The Morgan fingerprint density at radius 2 is 1.82 bits per heavy atom. The summed E-state index contributed by atoms with van der Waals surface area (Å²) in [5.74, 6) is -1.53. The zero-order chi connectivity index (χ0) is 15.9. The smallest absolute Gasteiger partial charge is 0.270 e. The molecule has 1 aromatic heterocycles. The Labute approximate surface area is 126 Å². The average Bonchev–Trinajstić information content (AvgIpc) is 2.59. The number of hydroxylamine groups is 1. The van der Waals surface area contributed by atoms with Crippen LogP contribution in [0.3, 0.4) is 0 Å². The Balaban J connectivity index is 2.19. The number of hydrogen-bond donors (Lipinski definition) is 4. The molecule has 7 nitrogen and oxygen atoms in total. The molecule has 1 atom stereocenters. The van der Waals surface area contributed by atoms with Gasteiger partial charge in [0.2, 0.25) is 0 Å². The quantitative estimate of drug-likeness (QED) is 0.470. The number of pyridine rings is 1. The van der Waals surface area contributed by atoms with Gasteiger partial charge in [-0.1, -0.05) is 36.4 Å². The van der Waals surface area contributed by atoms with Crippen LogP contribution in [0, 0.1) is 0 Å².